The number of nitrogens with two attached hydrogens (primary N) is 2. The highest BCUT2D eigenvalue weighted by atomic mass is 16.5. The zero-order valence-corrected chi connectivity index (χ0v) is 18.2. The fourth-order valence-corrected chi connectivity index (χ4v) is 3.27. The van der Waals surface area contributed by atoms with Gasteiger partial charge in [0.15, 0.2) is 0 Å². The first kappa shape index (κ1) is 21.2. The highest BCUT2D eigenvalue weighted by Crippen LogP contribution is 2.31. The summed E-state index contributed by atoms with van der Waals surface area (Å²) in [6.45, 7) is 0. The lowest BCUT2D eigenvalue weighted by Crippen LogP contribution is -2.26. The van der Waals surface area contributed by atoms with Gasteiger partial charge in [0.2, 0.25) is 0 Å². The Morgan fingerprint density at radius 1 is 0.625 bits per heavy atom. The average molecular weight is 428 g/mol. The fraction of sp³-hybridized carbons (Fsp3) is 0.125. The van der Waals surface area contributed by atoms with E-state index in [9.17, 15) is 0 Å². The molecule has 0 aliphatic heterocycles. The second kappa shape index (κ2) is 9.01. The lowest BCUT2D eigenvalue weighted by Gasteiger charge is -2.14. The molecule has 0 unspecified atom stereocenters. The molecule has 32 heavy (non-hydrogen) atoms. The van der Waals surface area contributed by atoms with E-state index in [-0.39, 0.29) is 0 Å². The van der Waals surface area contributed by atoms with Gasteiger partial charge in [-0.2, -0.15) is 0 Å². The van der Waals surface area contributed by atoms with Gasteiger partial charge in [0.05, 0.1) is 29.9 Å². The van der Waals surface area contributed by atoms with Crippen LogP contribution < -0.4 is 26.4 Å². The molecule has 0 aliphatic carbocycles. The first-order valence-corrected chi connectivity index (χ1v) is 10.0. The fourth-order valence-electron chi connectivity index (χ4n) is 3.27. The Morgan fingerprint density at radius 2 is 1.12 bits per heavy atom. The van der Waals surface area contributed by atoms with Gasteiger partial charge in [0, 0.05) is 14.1 Å². The molecule has 4 N–H and O–H groups in total. The smallest absolute Gasteiger partial charge is 0.143 e. The lowest BCUT2D eigenvalue weighted by atomic mass is 10.0. The molecule has 162 valence electrons. The number of methoxy groups -OCH3 is 1. The van der Waals surface area contributed by atoms with Gasteiger partial charge in [-0.05, 0) is 59.7 Å². The zero-order chi connectivity index (χ0) is 22.7. The Morgan fingerprint density at radius 3 is 1.56 bits per heavy atom. The van der Waals surface area contributed by atoms with E-state index < -0.39 is 0 Å². The van der Waals surface area contributed by atoms with Crippen LogP contribution in [0.15, 0.2) is 72.8 Å². The highest BCUT2D eigenvalue weighted by Gasteiger charge is 2.12. The van der Waals surface area contributed by atoms with E-state index in [1.165, 1.54) is 10.0 Å². The largest absolute Gasteiger partial charge is 0.497 e. The van der Waals surface area contributed by atoms with Crippen LogP contribution in [0.1, 0.15) is 0 Å². The van der Waals surface area contributed by atoms with Crippen molar-refractivity contribution in [2.75, 3.05) is 31.2 Å². The molecule has 3 aromatic heterocycles. The third-order valence-corrected chi connectivity index (χ3v) is 4.97. The topological polar surface area (TPSA) is 106 Å². The maximum Gasteiger partial charge on any atom is 0.143 e. The van der Waals surface area contributed by atoms with Crippen LogP contribution >= 0.6 is 0 Å². The zero-order valence-electron chi connectivity index (χ0n) is 18.2. The molecule has 0 fully saturated rings. The minimum absolute atomic E-state index is 0.644. The maximum absolute atomic E-state index is 5.89. The molecule has 0 saturated carbocycles. The number of pyridine rings is 3. The van der Waals surface area contributed by atoms with Crippen molar-refractivity contribution in [3.05, 3.63) is 72.8 Å². The number of hydrogen-bond acceptors (Lipinski definition) is 8. The quantitative estimate of drug-likeness (QED) is 0.356. The Kier molecular flexibility index (Phi) is 5.98. The monoisotopic (exact) mass is 427 g/mol. The standard InChI is InChI=1S/C24H25N7O/c1-30(25)23-8-4-6-19(28-23)21-14-17(16-10-12-18(32-3)13-11-16)15-22(27-21)20-7-5-9-24(29-20)31(2)26/h4-15H,25-26H2,1-3H3. The van der Waals surface area contributed by atoms with E-state index >= 15 is 0 Å². The Bertz CT molecular complexity index is 1150. The van der Waals surface area contributed by atoms with Crippen LogP contribution in [0.25, 0.3) is 33.9 Å². The van der Waals surface area contributed by atoms with E-state index in [0.717, 1.165) is 16.9 Å². The number of ether oxygens (including phenoxy) is 1. The number of hydrazine groups is 2. The minimum Gasteiger partial charge on any atom is -0.497 e. The molecule has 8 heteroatoms. The van der Waals surface area contributed by atoms with Gasteiger partial charge in [-0.15, -0.1) is 0 Å². The Hall–Kier alpha value is -4.01. The summed E-state index contributed by atoms with van der Waals surface area (Å²) < 4.78 is 5.30. The summed E-state index contributed by atoms with van der Waals surface area (Å²) in [6, 6.07) is 23.2. The van der Waals surface area contributed by atoms with Crippen molar-refractivity contribution in [1.29, 1.82) is 0 Å². The highest BCUT2D eigenvalue weighted by molar-refractivity contribution is 5.75. The normalized spacial score (nSPS) is 10.7. The van der Waals surface area contributed by atoms with Gasteiger partial charge in [0.1, 0.15) is 17.4 Å². The maximum atomic E-state index is 5.89. The SMILES string of the molecule is COc1ccc(-c2cc(-c3cccc(N(C)N)n3)nc(-c3cccc(N(C)N)n3)c2)cc1. The van der Waals surface area contributed by atoms with Crippen molar-refractivity contribution in [2.24, 2.45) is 11.7 Å². The van der Waals surface area contributed by atoms with E-state index in [1.807, 2.05) is 72.8 Å². The van der Waals surface area contributed by atoms with Gasteiger partial charge in [-0.1, -0.05) is 24.3 Å². The summed E-state index contributed by atoms with van der Waals surface area (Å²) in [4.78, 5) is 14.2. The second-order valence-electron chi connectivity index (χ2n) is 7.34. The molecule has 0 radical (unpaired) electrons. The van der Waals surface area contributed by atoms with Crippen LogP contribution in [0, 0.1) is 0 Å². The molecular weight excluding hydrogens is 402 g/mol. The van der Waals surface area contributed by atoms with Gasteiger partial charge >= 0.3 is 0 Å². The van der Waals surface area contributed by atoms with Gasteiger partial charge in [-0.3, -0.25) is 10.0 Å². The van der Waals surface area contributed by atoms with Crippen molar-refractivity contribution >= 4 is 11.6 Å². The number of rotatable bonds is 6. The molecule has 0 amide bonds. The number of nitrogens with zero attached hydrogens (tertiary/aromatic N) is 5. The number of hydrogen-bond donors (Lipinski definition) is 2. The van der Waals surface area contributed by atoms with Crippen LogP contribution in [0.3, 0.4) is 0 Å². The summed E-state index contributed by atoms with van der Waals surface area (Å²) in [5, 5.41) is 2.94. The number of anilines is 2. The van der Waals surface area contributed by atoms with Crippen molar-refractivity contribution < 1.29 is 4.74 Å². The third-order valence-electron chi connectivity index (χ3n) is 4.97. The molecule has 4 aromatic rings. The van der Waals surface area contributed by atoms with Crippen LogP contribution in [0.4, 0.5) is 11.6 Å². The van der Waals surface area contributed by atoms with E-state index in [1.54, 1.807) is 21.2 Å². The summed E-state index contributed by atoms with van der Waals surface area (Å²) in [7, 11) is 5.15. The third kappa shape index (κ3) is 4.51. The predicted molar refractivity (Wildman–Crippen MR) is 128 cm³/mol. The van der Waals surface area contributed by atoms with E-state index in [0.29, 0.717) is 34.4 Å². The Balaban J connectivity index is 1.88. The molecule has 0 atom stereocenters. The molecule has 0 saturated heterocycles. The summed E-state index contributed by atoms with van der Waals surface area (Å²) in [6.07, 6.45) is 0. The van der Waals surface area contributed by atoms with Crippen LogP contribution in [0.5, 0.6) is 5.75 Å². The molecule has 0 spiro atoms. The van der Waals surface area contributed by atoms with E-state index in [2.05, 4.69) is 9.97 Å². The summed E-state index contributed by atoms with van der Waals surface area (Å²) in [5.41, 5.74) is 4.85. The molecule has 3 heterocycles. The Labute approximate surface area is 187 Å². The molecule has 0 bridgehead atoms. The van der Waals surface area contributed by atoms with Gasteiger partial charge in [0.25, 0.3) is 0 Å². The first-order valence-electron chi connectivity index (χ1n) is 10.0. The molecule has 4 rings (SSSR count). The van der Waals surface area contributed by atoms with Gasteiger partial charge < -0.3 is 4.74 Å². The number of aromatic nitrogens is 3. The summed E-state index contributed by atoms with van der Waals surface area (Å²) in [5.74, 6) is 13.9. The second-order valence-corrected chi connectivity index (χ2v) is 7.34. The van der Waals surface area contributed by atoms with Crippen molar-refractivity contribution in [3.8, 4) is 39.7 Å². The number of benzene rings is 1. The predicted octanol–water partition coefficient (Wildman–Crippen LogP) is 3.50. The van der Waals surface area contributed by atoms with Crippen molar-refractivity contribution in [1.82, 2.24) is 15.0 Å². The molecule has 1 aromatic carbocycles. The summed E-state index contributed by atoms with van der Waals surface area (Å²) >= 11 is 0. The van der Waals surface area contributed by atoms with E-state index in [4.69, 9.17) is 21.4 Å². The lowest BCUT2D eigenvalue weighted by molar-refractivity contribution is 0.415. The van der Waals surface area contributed by atoms with Crippen molar-refractivity contribution in [2.45, 2.75) is 0 Å². The minimum atomic E-state index is 0.644. The average Bonchev–Trinajstić information content (AvgIpc) is 2.84. The van der Waals surface area contributed by atoms with Crippen LogP contribution in [-0.2, 0) is 0 Å². The van der Waals surface area contributed by atoms with Crippen molar-refractivity contribution in [3.63, 3.8) is 0 Å². The molecule has 0 aliphatic rings. The molecule has 8 nitrogen and oxygen atoms in total. The molecular formula is C24H25N7O. The first-order chi connectivity index (χ1) is 15.4. The van der Waals surface area contributed by atoms with Crippen LogP contribution in [-0.4, -0.2) is 36.2 Å². The van der Waals surface area contributed by atoms with Gasteiger partial charge in [-0.25, -0.2) is 26.6 Å². The van der Waals surface area contributed by atoms with Crippen LogP contribution in [0.2, 0.25) is 0 Å².